The van der Waals surface area contributed by atoms with E-state index in [4.69, 9.17) is 0 Å². The topological polar surface area (TPSA) is 32.3 Å². The van der Waals surface area contributed by atoms with Crippen molar-refractivity contribution in [1.29, 1.82) is 0 Å². The van der Waals surface area contributed by atoms with Crippen LogP contribution in [0.1, 0.15) is 34.1 Å². The van der Waals surface area contributed by atoms with E-state index < -0.39 is 0 Å². The van der Waals surface area contributed by atoms with Gasteiger partial charge in [-0.15, -0.1) is 0 Å². The summed E-state index contributed by atoms with van der Waals surface area (Å²) in [4.78, 5) is 14.2. The van der Waals surface area contributed by atoms with Gasteiger partial charge in [-0.2, -0.15) is 0 Å². The van der Waals surface area contributed by atoms with Gasteiger partial charge in [-0.3, -0.25) is 9.69 Å². The summed E-state index contributed by atoms with van der Waals surface area (Å²) in [6.45, 7) is 8.23. The van der Waals surface area contributed by atoms with E-state index in [1.165, 1.54) is 5.57 Å². The molecule has 1 atom stereocenters. The smallest absolute Gasteiger partial charge is 0.257 e. The Hall–Kier alpha value is -2.03. The van der Waals surface area contributed by atoms with E-state index in [-0.39, 0.29) is 18.0 Å². The number of carbonyl (C=O) groups is 1. The summed E-state index contributed by atoms with van der Waals surface area (Å²) in [7, 11) is 0. The first-order chi connectivity index (χ1) is 10.1. The Kier molecular flexibility index (Phi) is 4.84. The Morgan fingerprint density at radius 2 is 2.24 bits per heavy atom. The number of carbonyl (C=O) groups excluding carboxylic acids is 1. The molecule has 0 fully saturated rings. The third-order valence-electron chi connectivity index (χ3n) is 3.74. The highest BCUT2D eigenvalue weighted by molar-refractivity contribution is 5.95. The van der Waals surface area contributed by atoms with E-state index in [0.29, 0.717) is 0 Å². The highest BCUT2D eigenvalue weighted by Crippen LogP contribution is 2.25. The van der Waals surface area contributed by atoms with E-state index in [1.807, 2.05) is 39.2 Å². The summed E-state index contributed by atoms with van der Waals surface area (Å²) < 4.78 is 0. The molecule has 3 nitrogen and oxygen atoms in total. The minimum absolute atomic E-state index is 0.0893. The van der Waals surface area contributed by atoms with Crippen LogP contribution in [-0.4, -0.2) is 17.0 Å². The maximum atomic E-state index is 12.4. The molecule has 1 unspecified atom stereocenters. The molecule has 0 saturated heterocycles. The van der Waals surface area contributed by atoms with Gasteiger partial charge in [0.15, 0.2) is 0 Å². The predicted octanol–water partition coefficient (Wildman–Crippen LogP) is 3.65. The normalized spacial score (nSPS) is 22.3. The third kappa shape index (κ3) is 3.18. The van der Waals surface area contributed by atoms with Gasteiger partial charge >= 0.3 is 0 Å². The largest absolute Gasteiger partial charge is 0.367 e. The average Bonchev–Trinajstić information content (AvgIpc) is 2.48. The Bertz CT molecular complexity index is 562. The minimum Gasteiger partial charge on any atom is -0.367 e. The zero-order valence-electron chi connectivity index (χ0n) is 13.3. The zero-order chi connectivity index (χ0) is 15.4. The first-order valence-electron chi connectivity index (χ1n) is 7.60. The van der Waals surface area contributed by atoms with Crippen molar-refractivity contribution in [2.75, 3.05) is 0 Å². The summed E-state index contributed by atoms with van der Waals surface area (Å²) in [5, 5.41) is 3.31. The number of hydrogen-bond donors (Lipinski definition) is 1. The molecule has 2 aliphatic heterocycles. The Morgan fingerprint density at radius 3 is 2.86 bits per heavy atom. The highest BCUT2D eigenvalue weighted by Gasteiger charge is 2.30. The van der Waals surface area contributed by atoms with Crippen molar-refractivity contribution in [2.45, 2.75) is 40.3 Å². The van der Waals surface area contributed by atoms with Crippen LogP contribution in [0.3, 0.4) is 0 Å². The van der Waals surface area contributed by atoms with E-state index in [9.17, 15) is 4.79 Å². The van der Waals surface area contributed by atoms with Crippen LogP contribution < -0.4 is 5.32 Å². The highest BCUT2D eigenvalue weighted by atomic mass is 16.2. The lowest BCUT2D eigenvalue weighted by Crippen LogP contribution is -2.49. The number of nitrogens with zero attached hydrogens (tertiary/aromatic N) is 1. The molecule has 2 aliphatic rings. The molecule has 0 spiro atoms. The number of rotatable bonds is 4. The second-order valence-electron chi connectivity index (χ2n) is 5.57. The molecule has 1 N–H and O–H groups in total. The van der Waals surface area contributed by atoms with E-state index in [0.717, 1.165) is 17.6 Å². The minimum atomic E-state index is -0.0926. The van der Waals surface area contributed by atoms with E-state index >= 15 is 0 Å². The van der Waals surface area contributed by atoms with Crippen LogP contribution in [0.5, 0.6) is 0 Å². The predicted molar refractivity (Wildman–Crippen MR) is 87.1 cm³/mol. The van der Waals surface area contributed by atoms with Crippen LogP contribution in [-0.2, 0) is 4.79 Å². The fourth-order valence-electron chi connectivity index (χ4n) is 2.48. The second kappa shape index (κ2) is 6.61. The third-order valence-corrected chi connectivity index (χ3v) is 3.74. The van der Waals surface area contributed by atoms with Gasteiger partial charge in [0, 0.05) is 18.0 Å². The van der Waals surface area contributed by atoms with Crippen LogP contribution in [0.15, 0.2) is 59.5 Å². The molecule has 0 aromatic carbocycles. The van der Waals surface area contributed by atoms with Gasteiger partial charge in [0.2, 0.25) is 0 Å². The molecule has 0 aromatic heterocycles. The van der Waals surface area contributed by atoms with Crippen molar-refractivity contribution in [3.63, 3.8) is 0 Å². The fourth-order valence-corrected chi connectivity index (χ4v) is 2.48. The van der Waals surface area contributed by atoms with Crippen molar-refractivity contribution in [3.8, 4) is 0 Å². The van der Waals surface area contributed by atoms with Crippen molar-refractivity contribution in [1.82, 2.24) is 10.2 Å². The van der Waals surface area contributed by atoms with Crippen molar-refractivity contribution in [2.24, 2.45) is 5.92 Å². The monoisotopic (exact) mass is 284 g/mol. The molecule has 0 aromatic rings. The standard InChI is InChI=1S/C18H24N2O/c1-5-7-8-14(6-2)15-9-10-20-17(11-15)19-12-16(13(3)4)18(20)21/h6-13,17,19H,5H2,1-4H3/b8-7-,14-6+. The Labute approximate surface area is 127 Å². The molecule has 0 aliphatic carbocycles. The SMILES string of the molecule is C/C=C(\C=C/CC)C1=CC2NC=C(C(C)C)C(=O)N2C=C1. The summed E-state index contributed by atoms with van der Waals surface area (Å²) in [6.07, 6.45) is 15.1. The molecule has 21 heavy (non-hydrogen) atoms. The molecule has 0 bridgehead atoms. The molecule has 112 valence electrons. The van der Waals surface area contributed by atoms with E-state index in [1.54, 1.807) is 4.90 Å². The maximum absolute atomic E-state index is 12.4. The number of nitrogens with one attached hydrogen (secondary N) is 1. The van der Waals surface area contributed by atoms with Crippen LogP contribution in [0, 0.1) is 5.92 Å². The quantitative estimate of drug-likeness (QED) is 0.799. The van der Waals surface area contributed by atoms with Crippen molar-refractivity contribution < 1.29 is 4.79 Å². The van der Waals surface area contributed by atoms with Gasteiger partial charge < -0.3 is 5.32 Å². The van der Waals surface area contributed by atoms with E-state index in [2.05, 4.69) is 36.5 Å². The molecule has 0 saturated carbocycles. The fraction of sp³-hybridized carbons (Fsp3) is 0.389. The van der Waals surface area contributed by atoms with Gasteiger partial charge in [0.05, 0.1) is 0 Å². The average molecular weight is 284 g/mol. The van der Waals surface area contributed by atoms with Crippen LogP contribution in [0.25, 0.3) is 0 Å². The van der Waals surface area contributed by atoms with Crippen molar-refractivity contribution >= 4 is 5.91 Å². The summed E-state index contributed by atoms with van der Waals surface area (Å²) in [5.74, 6) is 0.315. The first kappa shape index (κ1) is 15.4. The lowest BCUT2D eigenvalue weighted by Gasteiger charge is -2.35. The number of hydrogen-bond acceptors (Lipinski definition) is 2. The molecule has 2 rings (SSSR count). The Balaban J connectivity index is 2.24. The second-order valence-corrected chi connectivity index (χ2v) is 5.57. The number of amides is 1. The number of allylic oxidation sites excluding steroid dienone is 6. The van der Waals surface area contributed by atoms with Crippen LogP contribution in [0.4, 0.5) is 0 Å². The summed E-state index contributed by atoms with van der Waals surface area (Å²) in [6, 6.07) is 0. The van der Waals surface area contributed by atoms with Gasteiger partial charge in [-0.1, -0.05) is 39.0 Å². The zero-order valence-corrected chi connectivity index (χ0v) is 13.3. The lowest BCUT2D eigenvalue weighted by molar-refractivity contribution is -0.127. The van der Waals surface area contributed by atoms with Gasteiger partial charge in [0.25, 0.3) is 5.91 Å². The van der Waals surface area contributed by atoms with Crippen molar-refractivity contribution in [3.05, 3.63) is 59.5 Å². The van der Waals surface area contributed by atoms with Gasteiger partial charge in [-0.05, 0) is 42.6 Å². The molecule has 0 radical (unpaired) electrons. The summed E-state index contributed by atoms with van der Waals surface area (Å²) >= 11 is 0. The molecular formula is C18H24N2O. The Morgan fingerprint density at radius 1 is 1.48 bits per heavy atom. The molecule has 2 heterocycles. The molecule has 3 heteroatoms. The van der Waals surface area contributed by atoms with Crippen LogP contribution in [0.2, 0.25) is 0 Å². The maximum Gasteiger partial charge on any atom is 0.257 e. The van der Waals surface area contributed by atoms with Gasteiger partial charge in [-0.25, -0.2) is 0 Å². The molecular weight excluding hydrogens is 260 g/mol. The number of fused-ring (bicyclic) bond motifs is 1. The van der Waals surface area contributed by atoms with Gasteiger partial charge in [0.1, 0.15) is 6.17 Å². The summed E-state index contributed by atoms with van der Waals surface area (Å²) in [5.41, 5.74) is 3.15. The lowest BCUT2D eigenvalue weighted by atomic mass is 9.97. The first-order valence-corrected chi connectivity index (χ1v) is 7.60. The molecule has 1 amide bonds. The van der Waals surface area contributed by atoms with Crippen LogP contribution >= 0.6 is 0 Å².